The number of hydrogen-bond acceptors (Lipinski definition) is 2. The van der Waals surface area contributed by atoms with Crippen molar-refractivity contribution < 1.29 is 0 Å². The second kappa shape index (κ2) is 7.77. The van der Waals surface area contributed by atoms with Crippen LogP contribution >= 0.6 is 0 Å². The van der Waals surface area contributed by atoms with Gasteiger partial charge in [0.15, 0.2) is 0 Å². The van der Waals surface area contributed by atoms with Crippen molar-refractivity contribution in [3.8, 4) is 33.6 Å². The first kappa shape index (κ1) is 18.1. The van der Waals surface area contributed by atoms with Gasteiger partial charge in [0.2, 0.25) is 0 Å². The number of rotatable bonds is 4. The van der Waals surface area contributed by atoms with Gasteiger partial charge in [-0.05, 0) is 35.6 Å². The second-order valence-electron chi connectivity index (χ2n) is 7.45. The molecule has 0 aliphatic rings. The lowest BCUT2D eigenvalue weighted by atomic mass is 9.91. The van der Waals surface area contributed by atoms with Crippen molar-refractivity contribution in [3.05, 3.63) is 96.1 Å². The highest BCUT2D eigenvalue weighted by Crippen LogP contribution is 2.35. The highest BCUT2D eigenvalue weighted by Gasteiger charge is 2.15. The Labute approximate surface area is 166 Å². The molecule has 1 heterocycles. The van der Waals surface area contributed by atoms with Crippen molar-refractivity contribution in [1.29, 1.82) is 0 Å². The van der Waals surface area contributed by atoms with Crippen molar-refractivity contribution in [2.75, 3.05) is 0 Å². The van der Waals surface area contributed by atoms with Crippen LogP contribution in [0.5, 0.6) is 0 Å². The van der Waals surface area contributed by atoms with Crippen LogP contribution in [0.3, 0.4) is 0 Å². The van der Waals surface area contributed by atoms with E-state index in [0.29, 0.717) is 5.92 Å². The molecule has 0 N–H and O–H groups in total. The molecule has 0 unspecified atom stereocenters. The molecule has 0 fully saturated rings. The summed E-state index contributed by atoms with van der Waals surface area (Å²) in [5, 5.41) is 9.22. The lowest BCUT2D eigenvalue weighted by Gasteiger charge is -2.15. The Hall–Kier alpha value is -3.26. The topological polar surface area (TPSA) is 25.8 Å². The van der Waals surface area contributed by atoms with Gasteiger partial charge in [0.05, 0.1) is 5.69 Å². The van der Waals surface area contributed by atoms with Crippen molar-refractivity contribution in [1.82, 2.24) is 10.2 Å². The number of hydrogen-bond donors (Lipinski definition) is 0. The molecule has 4 rings (SSSR count). The van der Waals surface area contributed by atoms with Gasteiger partial charge < -0.3 is 0 Å². The second-order valence-corrected chi connectivity index (χ2v) is 7.45. The Balaban J connectivity index is 1.96. The Bertz CT molecular complexity index is 1080. The Kier molecular flexibility index (Phi) is 5.03. The highest BCUT2D eigenvalue weighted by molar-refractivity contribution is 5.84. The maximum Gasteiger partial charge on any atom is 0.101 e. The zero-order valence-corrected chi connectivity index (χ0v) is 16.6. The van der Waals surface area contributed by atoms with Crippen molar-refractivity contribution in [3.63, 3.8) is 0 Å². The minimum atomic E-state index is 0.475. The molecule has 0 spiro atoms. The minimum Gasteiger partial charge on any atom is -0.150 e. The SMILES string of the molecule is Cc1ccc(C(C)C)cc1-c1cc(-c2ccccc2)nnc1-c1ccccc1. The molecule has 0 atom stereocenters. The quantitative estimate of drug-likeness (QED) is 0.393. The first-order chi connectivity index (χ1) is 13.6. The van der Waals surface area contributed by atoms with E-state index in [-0.39, 0.29) is 0 Å². The van der Waals surface area contributed by atoms with Crippen LogP contribution < -0.4 is 0 Å². The molecule has 0 aliphatic heterocycles. The molecule has 138 valence electrons. The summed E-state index contributed by atoms with van der Waals surface area (Å²) < 4.78 is 0. The standard InChI is InChI=1S/C26H24N2/c1-18(2)22-15-14-19(3)23(16-22)24-17-25(20-10-6-4-7-11-20)27-28-26(24)21-12-8-5-9-13-21/h4-18H,1-3H3. The summed E-state index contributed by atoms with van der Waals surface area (Å²) in [6.45, 7) is 6.62. The fraction of sp³-hybridized carbons (Fsp3) is 0.154. The predicted molar refractivity (Wildman–Crippen MR) is 117 cm³/mol. The summed E-state index contributed by atoms with van der Waals surface area (Å²) in [6, 6.07) is 29.5. The largest absolute Gasteiger partial charge is 0.150 e. The van der Waals surface area contributed by atoms with Crippen LogP contribution in [-0.4, -0.2) is 10.2 Å². The normalized spacial score (nSPS) is 11.0. The van der Waals surface area contributed by atoms with Crippen LogP contribution in [0.4, 0.5) is 0 Å². The Morgan fingerprint density at radius 3 is 1.93 bits per heavy atom. The van der Waals surface area contributed by atoms with Gasteiger partial charge in [0, 0.05) is 16.7 Å². The molecule has 1 aromatic heterocycles. The molecule has 4 aromatic rings. The molecule has 0 bridgehead atoms. The third kappa shape index (κ3) is 3.59. The molecular formula is C26H24N2. The molecule has 0 saturated carbocycles. The van der Waals surface area contributed by atoms with Gasteiger partial charge in [-0.15, -0.1) is 10.2 Å². The van der Waals surface area contributed by atoms with Gasteiger partial charge in [-0.25, -0.2) is 0 Å². The van der Waals surface area contributed by atoms with Gasteiger partial charge in [-0.2, -0.15) is 0 Å². The van der Waals surface area contributed by atoms with E-state index in [4.69, 9.17) is 0 Å². The third-order valence-corrected chi connectivity index (χ3v) is 5.13. The summed E-state index contributed by atoms with van der Waals surface area (Å²) in [4.78, 5) is 0. The van der Waals surface area contributed by atoms with E-state index in [1.165, 1.54) is 16.7 Å². The van der Waals surface area contributed by atoms with E-state index < -0.39 is 0 Å². The number of aryl methyl sites for hydroxylation is 1. The Morgan fingerprint density at radius 1 is 0.643 bits per heavy atom. The number of benzene rings is 3. The summed E-state index contributed by atoms with van der Waals surface area (Å²) in [5.41, 5.74) is 8.89. The zero-order chi connectivity index (χ0) is 19.5. The first-order valence-electron chi connectivity index (χ1n) is 9.73. The van der Waals surface area contributed by atoms with E-state index in [2.05, 4.69) is 79.5 Å². The predicted octanol–water partition coefficient (Wildman–Crippen LogP) is 6.91. The smallest absolute Gasteiger partial charge is 0.101 e. The molecule has 0 amide bonds. The van der Waals surface area contributed by atoms with Gasteiger partial charge in [-0.1, -0.05) is 92.7 Å². The van der Waals surface area contributed by atoms with Gasteiger partial charge in [-0.3, -0.25) is 0 Å². The van der Waals surface area contributed by atoms with Crippen molar-refractivity contribution >= 4 is 0 Å². The fourth-order valence-corrected chi connectivity index (χ4v) is 3.45. The van der Waals surface area contributed by atoms with Crippen molar-refractivity contribution in [2.24, 2.45) is 0 Å². The first-order valence-corrected chi connectivity index (χ1v) is 9.73. The van der Waals surface area contributed by atoms with Crippen LogP contribution in [0.25, 0.3) is 33.6 Å². The monoisotopic (exact) mass is 364 g/mol. The van der Waals surface area contributed by atoms with Crippen LogP contribution in [0, 0.1) is 6.92 Å². The third-order valence-electron chi connectivity index (χ3n) is 5.13. The molecule has 0 saturated heterocycles. The van der Waals surface area contributed by atoms with Gasteiger partial charge >= 0.3 is 0 Å². The molecule has 0 aliphatic carbocycles. The van der Waals surface area contributed by atoms with Crippen LogP contribution in [0.1, 0.15) is 30.9 Å². The molecule has 0 radical (unpaired) electrons. The van der Waals surface area contributed by atoms with Crippen LogP contribution in [0.2, 0.25) is 0 Å². The fourth-order valence-electron chi connectivity index (χ4n) is 3.45. The highest BCUT2D eigenvalue weighted by atomic mass is 15.1. The summed E-state index contributed by atoms with van der Waals surface area (Å²) in [6.07, 6.45) is 0. The van der Waals surface area contributed by atoms with E-state index in [0.717, 1.165) is 28.1 Å². The van der Waals surface area contributed by atoms with E-state index in [1.54, 1.807) is 0 Å². The summed E-state index contributed by atoms with van der Waals surface area (Å²) in [5.74, 6) is 0.475. The molecule has 28 heavy (non-hydrogen) atoms. The number of nitrogens with zero attached hydrogens (tertiary/aromatic N) is 2. The summed E-state index contributed by atoms with van der Waals surface area (Å²) in [7, 11) is 0. The average Bonchev–Trinajstić information content (AvgIpc) is 2.75. The lowest BCUT2D eigenvalue weighted by molar-refractivity contribution is 0.866. The maximum atomic E-state index is 4.67. The van der Waals surface area contributed by atoms with E-state index in [1.807, 2.05) is 36.4 Å². The zero-order valence-electron chi connectivity index (χ0n) is 16.6. The molecular weight excluding hydrogens is 340 g/mol. The Morgan fingerprint density at radius 2 is 1.29 bits per heavy atom. The van der Waals surface area contributed by atoms with Crippen LogP contribution in [-0.2, 0) is 0 Å². The average molecular weight is 364 g/mol. The summed E-state index contributed by atoms with van der Waals surface area (Å²) >= 11 is 0. The number of aromatic nitrogens is 2. The van der Waals surface area contributed by atoms with Gasteiger partial charge in [0.25, 0.3) is 0 Å². The van der Waals surface area contributed by atoms with Gasteiger partial charge in [0.1, 0.15) is 5.69 Å². The van der Waals surface area contributed by atoms with E-state index in [9.17, 15) is 0 Å². The van der Waals surface area contributed by atoms with Crippen LogP contribution in [0.15, 0.2) is 84.9 Å². The minimum absolute atomic E-state index is 0.475. The molecule has 2 heteroatoms. The van der Waals surface area contributed by atoms with Crippen molar-refractivity contribution in [2.45, 2.75) is 26.7 Å². The molecule has 2 nitrogen and oxygen atoms in total. The lowest BCUT2D eigenvalue weighted by Crippen LogP contribution is -1.98. The maximum absolute atomic E-state index is 4.67. The molecule has 3 aromatic carbocycles. The van der Waals surface area contributed by atoms with E-state index >= 15 is 0 Å².